The summed E-state index contributed by atoms with van der Waals surface area (Å²) in [6, 6.07) is 1.71. The third-order valence-corrected chi connectivity index (χ3v) is 5.45. The van der Waals surface area contributed by atoms with Gasteiger partial charge in [0.05, 0.1) is 13.1 Å². The van der Waals surface area contributed by atoms with E-state index in [0.29, 0.717) is 37.7 Å². The van der Waals surface area contributed by atoms with E-state index < -0.39 is 0 Å². The fraction of sp³-hybridized carbons (Fsp3) is 0.722. The second kappa shape index (κ2) is 7.56. The Kier molecular flexibility index (Phi) is 5.42. The van der Waals surface area contributed by atoms with Crippen molar-refractivity contribution in [2.75, 3.05) is 26.2 Å². The number of hydrogen-bond acceptors (Lipinski definition) is 4. The van der Waals surface area contributed by atoms with Crippen LogP contribution in [-0.2, 0) is 16.6 Å². The molecule has 2 fully saturated rings. The number of aromatic nitrogens is 2. The topological polar surface area (TPSA) is 76.5 Å². The molecule has 0 aromatic carbocycles. The third-order valence-electron chi connectivity index (χ3n) is 5.45. The number of carbonyl (C=O) groups excluding carboxylic acids is 2. The van der Waals surface area contributed by atoms with E-state index in [4.69, 9.17) is 4.74 Å². The van der Waals surface area contributed by atoms with Crippen LogP contribution in [0.5, 0.6) is 0 Å². The molecule has 7 heteroatoms. The predicted octanol–water partition coefficient (Wildman–Crippen LogP) is 1.35. The second-order valence-corrected chi connectivity index (χ2v) is 7.14. The molecule has 1 spiro atoms. The molecule has 3 rings (SSSR count). The number of amides is 2. The minimum absolute atomic E-state index is 0.0991. The summed E-state index contributed by atoms with van der Waals surface area (Å²) in [5.74, 6) is 0.541. The Labute approximate surface area is 148 Å². The molecular formula is C18H28N4O3. The lowest BCUT2D eigenvalue weighted by Crippen LogP contribution is -2.66. The van der Waals surface area contributed by atoms with Crippen LogP contribution in [-0.4, -0.2) is 58.3 Å². The van der Waals surface area contributed by atoms with Crippen LogP contribution < -0.4 is 5.32 Å². The molecule has 0 saturated carbocycles. The maximum Gasteiger partial charge on any atom is 0.269 e. The van der Waals surface area contributed by atoms with E-state index in [0.717, 1.165) is 32.3 Å². The molecular weight excluding hydrogens is 320 g/mol. The smallest absolute Gasteiger partial charge is 0.269 e. The molecule has 0 radical (unpaired) electrons. The fourth-order valence-electron chi connectivity index (χ4n) is 3.85. The first kappa shape index (κ1) is 17.9. The molecule has 0 bridgehead atoms. The maximum atomic E-state index is 12.1. The molecule has 1 unspecified atom stereocenters. The van der Waals surface area contributed by atoms with Crippen molar-refractivity contribution in [1.82, 2.24) is 20.0 Å². The number of rotatable bonds is 7. The van der Waals surface area contributed by atoms with Gasteiger partial charge in [0, 0.05) is 32.8 Å². The number of nitrogens with one attached hydrogen (secondary N) is 1. The van der Waals surface area contributed by atoms with Crippen molar-refractivity contribution in [2.45, 2.75) is 44.6 Å². The lowest BCUT2D eigenvalue weighted by Gasteiger charge is -2.50. The van der Waals surface area contributed by atoms with Crippen molar-refractivity contribution >= 4 is 11.8 Å². The molecule has 25 heavy (non-hydrogen) atoms. The molecule has 2 aliphatic rings. The highest BCUT2D eigenvalue weighted by Gasteiger charge is 2.53. The molecule has 7 nitrogen and oxygen atoms in total. The van der Waals surface area contributed by atoms with Gasteiger partial charge in [-0.1, -0.05) is 13.3 Å². The van der Waals surface area contributed by atoms with E-state index in [9.17, 15) is 9.59 Å². The van der Waals surface area contributed by atoms with Crippen LogP contribution in [0.1, 0.15) is 49.5 Å². The normalized spacial score (nSPS) is 21.4. The molecule has 138 valence electrons. The Bertz CT molecular complexity index is 622. The number of likely N-dealkylation sites (tertiary alicyclic amines) is 1. The largest absolute Gasteiger partial charge is 0.371 e. The summed E-state index contributed by atoms with van der Waals surface area (Å²) >= 11 is 0. The highest BCUT2D eigenvalue weighted by atomic mass is 16.5. The molecule has 1 aromatic heterocycles. The van der Waals surface area contributed by atoms with Crippen molar-refractivity contribution < 1.29 is 14.3 Å². The molecule has 1 atom stereocenters. The summed E-state index contributed by atoms with van der Waals surface area (Å²) in [7, 11) is 1.76. The van der Waals surface area contributed by atoms with Gasteiger partial charge in [0.15, 0.2) is 0 Å². The van der Waals surface area contributed by atoms with E-state index >= 15 is 0 Å². The quantitative estimate of drug-likeness (QED) is 0.807. The average Bonchev–Trinajstić information content (AvgIpc) is 3.17. The Balaban J connectivity index is 1.45. The minimum atomic E-state index is -0.181. The first-order chi connectivity index (χ1) is 12.1. The summed E-state index contributed by atoms with van der Waals surface area (Å²) in [4.78, 5) is 26.2. The molecule has 3 heterocycles. The number of ether oxygens (including phenoxy) is 1. The maximum absolute atomic E-state index is 12.1. The zero-order chi connectivity index (χ0) is 17.9. The highest BCUT2D eigenvalue weighted by Crippen LogP contribution is 2.41. The van der Waals surface area contributed by atoms with Crippen LogP contribution in [0.25, 0.3) is 0 Å². The van der Waals surface area contributed by atoms with Crippen LogP contribution in [0.3, 0.4) is 0 Å². The molecule has 1 N–H and O–H groups in total. The van der Waals surface area contributed by atoms with Crippen molar-refractivity contribution in [3.05, 3.63) is 18.0 Å². The van der Waals surface area contributed by atoms with Crippen molar-refractivity contribution in [2.24, 2.45) is 13.0 Å². The van der Waals surface area contributed by atoms with Crippen LogP contribution >= 0.6 is 0 Å². The van der Waals surface area contributed by atoms with Gasteiger partial charge in [-0.3, -0.25) is 14.3 Å². The molecule has 2 aliphatic heterocycles. The zero-order valence-corrected chi connectivity index (χ0v) is 15.2. The monoisotopic (exact) mass is 348 g/mol. The van der Waals surface area contributed by atoms with E-state index in [1.807, 2.05) is 4.90 Å². The van der Waals surface area contributed by atoms with Crippen LogP contribution in [0, 0.1) is 5.92 Å². The van der Waals surface area contributed by atoms with Gasteiger partial charge in [-0.2, -0.15) is 5.10 Å². The second-order valence-electron chi connectivity index (χ2n) is 7.14. The van der Waals surface area contributed by atoms with Gasteiger partial charge < -0.3 is 15.0 Å². The van der Waals surface area contributed by atoms with E-state index in [1.165, 1.54) is 0 Å². The van der Waals surface area contributed by atoms with Crippen LogP contribution in [0.4, 0.5) is 0 Å². The van der Waals surface area contributed by atoms with Crippen molar-refractivity contribution in [3.8, 4) is 0 Å². The van der Waals surface area contributed by atoms with Crippen molar-refractivity contribution in [1.29, 1.82) is 0 Å². The highest BCUT2D eigenvalue weighted by molar-refractivity contribution is 5.92. The van der Waals surface area contributed by atoms with Gasteiger partial charge in [-0.25, -0.2) is 0 Å². The number of unbranched alkanes of at least 4 members (excludes halogenated alkanes) is 1. The molecule has 0 aliphatic carbocycles. The predicted molar refractivity (Wildman–Crippen MR) is 93.1 cm³/mol. The Morgan fingerprint density at radius 2 is 2.24 bits per heavy atom. The number of aryl methyl sites for hydroxylation is 1. The summed E-state index contributed by atoms with van der Waals surface area (Å²) in [6.45, 7) is 4.87. The molecule has 2 saturated heterocycles. The third kappa shape index (κ3) is 3.71. The Morgan fingerprint density at radius 1 is 1.44 bits per heavy atom. The fourth-order valence-corrected chi connectivity index (χ4v) is 3.85. The Morgan fingerprint density at radius 3 is 2.92 bits per heavy atom. The molecule has 1 aromatic rings. The summed E-state index contributed by atoms with van der Waals surface area (Å²) < 4.78 is 7.57. The number of carbonyl (C=O) groups is 2. The van der Waals surface area contributed by atoms with Crippen LogP contribution in [0.2, 0.25) is 0 Å². The van der Waals surface area contributed by atoms with Gasteiger partial charge in [0.1, 0.15) is 11.3 Å². The van der Waals surface area contributed by atoms with Gasteiger partial charge in [-0.15, -0.1) is 0 Å². The standard InChI is InChI=1S/C18H28N4O3/c1-3-4-5-16(23)22-12-18(13-22)14(8-11-25-18)6-9-19-17(24)15-7-10-20-21(15)2/h7,10,14H,3-6,8-9,11-13H2,1-2H3,(H,19,24). The summed E-state index contributed by atoms with van der Waals surface area (Å²) in [5.41, 5.74) is 0.382. The summed E-state index contributed by atoms with van der Waals surface area (Å²) in [6.07, 6.45) is 6.12. The van der Waals surface area contributed by atoms with Crippen molar-refractivity contribution in [3.63, 3.8) is 0 Å². The van der Waals surface area contributed by atoms with Gasteiger partial charge in [0.2, 0.25) is 5.91 Å². The minimum Gasteiger partial charge on any atom is -0.371 e. The van der Waals surface area contributed by atoms with Gasteiger partial charge >= 0.3 is 0 Å². The summed E-state index contributed by atoms with van der Waals surface area (Å²) in [5, 5.41) is 6.98. The lowest BCUT2D eigenvalue weighted by atomic mass is 9.78. The SMILES string of the molecule is CCCCC(=O)N1CC2(C1)OCCC2CCNC(=O)c1ccnn1C. The van der Waals surface area contributed by atoms with Gasteiger partial charge in [0.25, 0.3) is 5.91 Å². The van der Waals surface area contributed by atoms with Crippen LogP contribution in [0.15, 0.2) is 12.3 Å². The van der Waals surface area contributed by atoms with Gasteiger partial charge in [-0.05, 0) is 31.2 Å². The average molecular weight is 348 g/mol. The van der Waals surface area contributed by atoms with E-state index in [2.05, 4.69) is 17.3 Å². The first-order valence-corrected chi connectivity index (χ1v) is 9.23. The zero-order valence-electron chi connectivity index (χ0n) is 15.2. The van der Waals surface area contributed by atoms with E-state index in [1.54, 1.807) is 24.0 Å². The lowest BCUT2D eigenvalue weighted by molar-refractivity contribution is -0.165. The Hall–Kier alpha value is -1.89. The van der Waals surface area contributed by atoms with E-state index in [-0.39, 0.29) is 17.4 Å². The molecule has 2 amide bonds. The number of nitrogens with zero attached hydrogens (tertiary/aromatic N) is 3. The first-order valence-electron chi connectivity index (χ1n) is 9.23. The number of hydrogen-bond donors (Lipinski definition) is 1.